The van der Waals surface area contributed by atoms with Crippen molar-refractivity contribution in [2.75, 3.05) is 26.4 Å². The second-order valence-corrected chi connectivity index (χ2v) is 9.22. The van der Waals surface area contributed by atoms with Crippen molar-refractivity contribution in [2.24, 2.45) is 5.73 Å². The number of ether oxygens (including phenoxy) is 2. The van der Waals surface area contributed by atoms with Crippen LogP contribution in [0.1, 0.15) is 40.5 Å². The Balaban J connectivity index is 1.62. The maximum atomic E-state index is 12.5. The molecule has 1 amide bonds. The van der Waals surface area contributed by atoms with Crippen LogP contribution in [0.2, 0.25) is 0 Å². The molecule has 10 heteroatoms. The highest BCUT2D eigenvalue weighted by Gasteiger charge is 2.29. The molecule has 1 heterocycles. The van der Waals surface area contributed by atoms with Gasteiger partial charge in [0.25, 0.3) is 5.91 Å². The van der Waals surface area contributed by atoms with Crippen molar-refractivity contribution in [3.05, 3.63) is 58.8 Å². The predicted molar refractivity (Wildman–Crippen MR) is 136 cm³/mol. The summed E-state index contributed by atoms with van der Waals surface area (Å²) < 4.78 is 50.2. The van der Waals surface area contributed by atoms with E-state index in [2.05, 4.69) is 5.32 Å². The summed E-state index contributed by atoms with van der Waals surface area (Å²) in [5.74, 6) is -0.202. The fraction of sp³-hybridized carbons (Fsp3) is 0.444. The molecule has 0 aliphatic carbocycles. The number of hydrogen-bond donors (Lipinski definition) is 3. The van der Waals surface area contributed by atoms with Gasteiger partial charge in [-0.3, -0.25) is 4.79 Å². The highest BCUT2D eigenvalue weighted by molar-refractivity contribution is 6.05. The monoisotopic (exact) mass is 521 g/mol. The van der Waals surface area contributed by atoms with Crippen molar-refractivity contribution in [1.82, 2.24) is 9.88 Å². The molecular weight excluding hydrogens is 487 g/mol. The predicted octanol–water partition coefficient (Wildman–Crippen LogP) is 4.28. The first-order chi connectivity index (χ1) is 17.5. The minimum Gasteiger partial charge on any atom is -0.488 e. The third kappa shape index (κ3) is 7.87. The fourth-order valence-electron chi connectivity index (χ4n) is 4.33. The van der Waals surface area contributed by atoms with E-state index in [-0.39, 0.29) is 30.8 Å². The number of nitrogens with two attached hydrogens (primary N) is 1. The molecule has 0 aliphatic rings. The van der Waals surface area contributed by atoms with Crippen LogP contribution in [0.15, 0.2) is 36.4 Å². The molecule has 7 nitrogen and oxygen atoms in total. The highest BCUT2D eigenvalue weighted by atomic mass is 19.4. The third-order valence-corrected chi connectivity index (χ3v) is 5.95. The smallest absolute Gasteiger partial charge is 0.422 e. The molecule has 4 N–H and O–H groups in total. The lowest BCUT2D eigenvalue weighted by atomic mass is 10.0. The summed E-state index contributed by atoms with van der Waals surface area (Å²) in [6, 6.07) is 10.7. The quantitative estimate of drug-likeness (QED) is 0.292. The number of aryl methyl sites for hydroxylation is 3. The Kier molecular flexibility index (Phi) is 9.45. The number of primary amides is 1. The molecule has 3 rings (SSSR count). The molecule has 0 saturated carbocycles. The number of hydrogen-bond acceptors (Lipinski definition) is 5. The van der Waals surface area contributed by atoms with E-state index in [1.54, 1.807) is 12.1 Å². The van der Waals surface area contributed by atoms with Crippen molar-refractivity contribution in [1.29, 1.82) is 0 Å². The molecule has 3 aromatic rings. The average molecular weight is 522 g/mol. The van der Waals surface area contributed by atoms with Crippen molar-refractivity contribution >= 4 is 16.8 Å². The number of nitrogens with zero attached hydrogens (tertiary/aromatic N) is 1. The van der Waals surface area contributed by atoms with Gasteiger partial charge in [-0.05, 0) is 75.1 Å². The normalized spacial score (nSPS) is 12.6. The largest absolute Gasteiger partial charge is 0.488 e. The fourth-order valence-corrected chi connectivity index (χ4v) is 4.33. The van der Waals surface area contributed by atoms with Crippen molar-refractivity contribution in [2.45, 2.75) is 52.4 Å². The Bertz CT molecular complexity index is 1220. The molecule has 0 saturated heterocycles. The molecule has 0 fully saturated rings. The zero-order chi connectivity index (χ0) is 27.2. The Hall–Kier alpha value is -3.24. The summed E-state index contributed by atoms with van der Waals surface area (Å²) >= 11 is 0. The first kappa shape index (κ1) is 28.3. The molecule has 0 aliphatic heterocycles. The Morgan fingerprint density at radius 1 is 1.14 bits per heavy atom. The van der Waals surface area contributed by atoms with Crippen LogP contribution in [-0.2, 0) is 13.0 Å². The molecule has 1 unspecified atom stereocenters. The van der Waals surface area contributed by atoms with Gasteiger partial charge in [0.2, 0.25) is 0 Å². The number of rotatable bonds is 13. The van der Waals surface area contributed by atoms with Gasteiger partial charge in [0, 0.05) is 36.8 Å². The van der Waals surface area contributed by atoms with Crippen LogP contribution in [0.3, 0.4) is 0 Å². The first-order valence-corrected chi connectivity index (χ1v) is 12.2. The summed E-state index contributed by atoms with van der Waals surface area (Å²) in [5.41, 5.74) is 9.70. The van der Waals surface area contributed by atoms with Crippen LogP contribution >= 0.6 is 0 Å². The molecule has 1 atom stereocenters. The number of aliphatic hydroxyl groups is 1. The van der Waals surface area contributed by atoms with E-state index in [9.17, 15) is 23.1 Å². The number of benzene rings is 2. The van der Waals surface area contributed by atoms with E-state index in [1.807, 2.05) is 43.5 Å². The van der Waals surface area contributed by atoms with Gasteiger partial charge in [-0.2, -0.15) is 13.2 Å². The summed E-state index contributed by atoms with van der Waals surface area (Å²) in [4.78, 5) is 12.2. The van der Waals surface area contributed by atoms with Crippen LogP contribution in [-0.4, -0.2) is 54.2 Å². The standard InChI is InChI=1S/C27H34F3N3O4/c1-17-5-6-23(37-16-27(28,29)30)24(11-17)36-10-7-32-18(2)12-20-14-21-13-19(3)33(8-4-9-34)25(21)22(15-20)26(31)35/h5-6,11,13-15,18,32,34H,4,7-10,12,16H2,1-3H3,(H2,31,35). The molecule has 37 heavy (non-hydrogen) atoms. The molecular formula is C27H34F3N3O4. The zero-order valence-corrected chi connectivity index (χ0v) is 21.3. The third-order valence-electron chi connectivity index (χ3n) is 5.95. The SMILES string of the molecule is Cc1ccc(OCC(F)(F)F)c(OCCNC(C)Cc2cc(C(N)=O)c3c(c2)cc(C)n3CCCO)c1. The maximum Gasteiger partial charge on any atom is 0.422 e. The molecule has 2 aromatic carbocycles. The summed E-state index contributed by atoms with van der Waals surface area (Å²) in [7, 11) is 0. The Morgan fingerprint density at radius 2 is 1.89 bits per heavy atom. The van der Waals surface area contributed by atoms with Crippen molar-refractivity contribution in [3.8, 4) is 11.5 Å². The summed E-state index contributed by atoms with van der Waals surface area (Å²) in [6.45, 7) is 5.72. The number of alkyl halides is 3. The molecule has 202 valence electrons. The minimum absolute atomic E-state index is 0.0257. The summed E-state index contributed by atoms with van der Waals surface area (Å²) in [6.07, 6.45) is -3.23. The van der Waals surface area contributed by atoms with E-state index < -0.39 is 18.7 Å². The van der Waals surface area contributed by atoms with Gasteiger partial charge in [-0.1, -0.05) is 6.07 Å². The van der Waals surface area contributed by atoms with E-state index >= 15 is 0 Å². The van der Waals surface area contributed by atoms with Crippen LogP contribution in [0.4, 0.5) is 13.2 Å². The lowest BCUT2D eigenvalue weighted by molar-refractivity contribution is -0.153. The van der Waals surface area contributed by atoms with Gasteiger partial charge in [0.05, 0.1) is 11.1 Å². The lowest BCUT2D eigenvalue weighted by Gasteiger charge is -2.17. The van der Waals surface area contributed by atoms with Gasteiger partial charge in [0.1, 0.15) is 6.61 Å². The number of carbonyl (C=O) groups is 1. The first-order valence-electron chi connectivity index (χ1n) is 12.2. The molecule has 0 bridgehead atoms. The number of fused-ring (bicyclic) bond motifs is 1. The number of nitrogens with one attached hydrogen (secondary N) is 1. The van der Waals surface area contributed by atoms with E-state index in [4.69, 9.17) is 15.2 Å². The maximum absolute atomic E-state index is 12.5. The van der Waals surface area contributed by atoms with Crippen LogP contribution in [0, 0.1) is 13.8 Å². The van der Waals surface area contributed by atoms with Crippen molar-refractivity contribution < 1.29 is 32.5 Å². The summed E-state index contributed by atoms with van der Waals surface area (Å²) in [5, 5.41) is 13.5. The Morgan fingerprint density at radius 3 is 2.57 bits per heavy atom. The number of halogens is 3. The number of amides is 1. The van der Waals surface area contributed by atoms with Gasteiger partial charge in [-0.15, -0.1) is 0 Å². The molecule has 0 spiro atoms. The van der Waals surface area contributed by atoms with E-state index in [1.165, 1.54) is 6.07 Å². The number of carbonyl (C=O) groups excluding carboxylic acids is 1. The van der Waals surface area contributed by atoms with Gasteiger partial charge in [0.15, 0.2) is 18.1 Å². The topological polar surface area (TPSA) is 98.7 Å². The van der Waals surface area contributed by atoms with Gasteiger partial charge < -0.3 is 30.2 Å². The molecule has 0 radical (unpaired) electrons. The minimum atomic E-state index is -4.43. The zero-order valence-electron chi connectivity index (χ0n) is 21.3. The number of aromatic nitrogens is 1. The number of aliphatic hydroxyl groups excluding tert-OH is 1. The second-order valence-electron chi connectivity index (χ2n) is 9.22. The van der Waals surface area contributed by atoms with Gasteiger partial charge in [-0.25, -0.2) is 0 Å². The Labute approximate surface area is 214 Å². The average Bonchev–Trinajstić information content (AvgIpc) is 3.13. The molecule has 1 aromatic heterocycles. The van der Waals surface area contributed by atoms with Crippen LogP contribution in [0.5, 0.6) is 11.5 Å². The van der Waals surface area contributed by atoms with Crippen LogP contribution < -0.4 is 20.5 Å². The van der Waals surface area contributed by atoms with E-state index in [0.29, 0.717) is 31.5 Å². The van der Waals surface area contributed by atoms with Gasteiger partial charge >= 0.3 is 6.18 Å². The highest BCUT2D eigenvalue weighted by Crippen LogP contribution is 2.30. The lowest BCUT2D eigenvalue weighted by Crippen LogP contribution is -2.32. The second kappa shape index (κ2) is 12.3. The van der Waals surface area contributed by atoms with Crippen LogP contribution in [0.25, 0.3) is 10.9 Å². The van der Waals surface area contributed by atoms with E-state index in [0.717, 1.165) is 27.7 Å². The van der Waals surface area contributed by atoms with Crippen molar-refractivity contribution in [3.63, 3.8) is 0 Å².